The average Bonchev–Trinajstić information content (AvgIpc) is 2.75. The Morgan fingerprint density at radius 1 is 0.903 bits per heavy atom. The van der Waals surface area contributed by atoms with Crippen LogP contribution in [0.25, 0.3) is 0 Å². The highest BCUT2D eigenvalue weighted by molar-refractivity contribution is 5.63. The molecule has 1 aromatic heterocycles. The predicted octanol–water partition coefficient (Wildman–Crippen LogP) is 6.72. The molecule has 0 spiro atoms. The third-order valence-corrected chi connectivity index (χ3v) is 4.73. The van der Waals surface area contributed by atoms with Gasteiger partial charge in [0.1, 0.15) is 17.1 Å². The summed E-state index contributed by atoms with van der Waals surface area (Å²) in [6.07, 6.45) is 0.668. The van der Waals surface area contributed by atoms with Crippen LogP contribution in [0.5, 0.6) is 5.75 Å². The Bertz CT molecular complexity index is 974. The second kappa shape index (κ2) is 10.1. The lowest BCUT2D eigenvalue weighted by Gasteiger charge is -2.15. The van der Waals surface area contributed by atoms with Gasteiger partial charge in [0.15, 0.2) is 0 Å². The third kappa shape index (κ3) is 6.34. The van der Waals surface area contributed by atoms with Crippen LogP contribution in [0.4, 0.5) is 36.3 Å². The maximum Gasteiger partial charge on any atom is 0.421 e. The number of anilines is 4. The van der Waals surface area contributed by atoms with Crippen molar-refractivity contribution in [2.45, 2.75) is 38.8 Å². The first-order valence-electron chi connectivity index (χ1n) is 10.1. The minimum absolute atomic E-state index is 0.0720. The van der Waals surface area contributed by atoms with Crippen LogP contribution in [-0.4, -0.2) is 17.1 Å². The molecule has 0 saturated carbocycles. The minimum atomic E-state index is -4.59. The summed E-state index contributed by atoms with van der Waals surface area (Å²) in [6.45, 7) is 2.16. The largest absolute Gasteiger partial charge is 0.497 e. The van der Waals surface area contributed by atoms with Gasteiger partial charge in [-0.25, -0.2) is 4.98 Å². The van der Waals surface area contributed by atoms with E-state index in [-0.39, 0.29) is 11.8 Å². The number of methoxy groups -OCH3 is 1. The molecule has 8 heteroatoms. The number of benzene rings is 2. The summed E-state index contributed by atoms with van der Waals surface area (Å²) in [5, 5.41) is 5.70. The smallest absolute Gasteiger partial charge is 0.421 e. The van der Waals surface area contributed by atoms with Gasteiger partial charge in [-0.05, 0) is 54.8 Å². The number of aryl methyl sites for hydroxylation is 1. The molecular weight excluding hydrogens is 405 g/mol. The van der Waals surface area contributed by atoms with Crippen LogP contribution in [-0.2, 0) is 12.6 Å². The van der Waals surface area contributed by atoms with Crippen molar-refractivity contribution in [3.05, 3.63) is 65.9 Å². The van der Waals surface area contributed by atoms with Gasteiger partial charge >= 0.3 is 6.18 Å². The summed E-state index contributed by atoms with van der Waals surface area (Å²) in [6, 6.07) is 14.3. The lowest BCUT2D eigenvalue weighted by Crippen LogP contribution is -2.12. The van der Waals surface area contributed by atoms with Crippen molar-refractivity contribution in [2.24, 2.45) is 0 Å². The Labute approximate surface area is 179 Å². The number of nitrogens with one attached hydrogen (secondary N) is 2. The standard InChI is InChI=1S/C23H25F3N4O/c1-3-4-5-6-16-7-9-18(10-8-16)29-22-27-15-20(23(24,25)26)21(30-22)28-17-11-13-19(31-2)14-12-17/h7-15H,3-6H2,1-2H3,(H2,27,28,29,30). The van der Waals surface area contributed by atoms with Crippen LogP contribution >= 0.6 is 0 Å². The molecule has 2 N–H and O–H groups in total. The molecule has 0 saturated heterocycles. The van der Waals surface area contributed by atoms with Crippen molar-refractivity contribution in [3.8, 4) is 5.75 Å². The van der Waals surface area contributed by atoms with Crippen LogP contribution < -0.4 is 15.4 Å². The number of halogens is 3. The van der Waals surface area contributed by atoms with Gasteiger partial charge in [-0.3, -0.25) is 0 Å². The monoisotopic (exact) mass is 430 g/mol. The summed E-state index contributed by atoms with van der Waals surface area (Å²) < 4.78 is 45.4. The van der Waals surface area contributed by atoms with E-state index in [0.717, 1.165) is 25.5 Å². The van der Waals surface area contributed by atoms with Crippen molar-refractivity contribution in [3.63, 3.8) is 0 Å². The quantitative estimate of drug-likeness (QED) is 0.369. The van der Waals surface area contributed by atoms with E-state index in [4.69, 9.17) is 4.74 Å². The molecule has 2 aromatic carbocycles. The first kappa shape index (κ1) is 22.4. The van der Waals surface area contributed by atoms with Gasteiger partial charge in [0, 0.05) is 17.6 Å². The Morgan fingerprint density at radius 3 is 2.16 bits per heavy atom. The molecule has 31 heavy (non-hydrogen) atoms. The SMILES string of the molecule is CCCCCc1ccc(Nc2ncc(C(F)(F)F)c(Nc3ccc(OC)cc3)n2)cc1. The number of unbranched alkanes of at least 4 members (excludes halogenated alkanes) is 2. The second-order valence-electron chi connectivity index (χ2n) is 7.09. The molecule has 0 aliphatic carbocycles. The summed E-state index contributed by atoms with van der Waals surface area (Å²) in [4.78, 5) is 7.92. The average molecular weight is 430 g/mol. The van der Waals surface area contributed by atoms with Gasteiger partial charge in [0.2, 0.25) is 5.95 Å². The maximum absolute atomic E-state index is 13.4. The molecule has 0 fully saturated rings. The predicted molar refractivity (Wildman–Crippen MR) is 116 cm³/mol. The number of nitrogens with zero attached hydrogens (tertiary/aromatic N) is 2. The lowest BCUT2D eigenvalue weighted by molar-refractivity contribution is -0.137. The fourth-order valence-corrected chi connectivity index (χ4v) is 3.02. The zero-order valence-corrected chi connectivity index (χ0v) is 17.5. The Kier molecular flexibility index (Phi) is 7.33. The van der Waals surface area contributed by atoms with Gasteiger partial charge < -0.3 is 15.4 Å². The molecule has 0 amide bonds. The summed E-state index contributed by atoms with van der Waals surface area (Å²) in [5.74, 6) is 0.346. The zero-order chi connectivity index (χ0) is 22.3. The molecule has 0 unspecified atom stereocenters. The highest BCUT2D eigenvalue weighted by Crippen LogP contribution is 2.35. The molecular formula is C23H25F3N4O. The molecule has 0 bridgehead atoms. The van der Waals surface area contributed by atoms with Crippen molar-refractivity contribution in [1.82, 2.24) is 9.97 Å². The van der Waals surface area contributed by atoms with E-state index in [0.29, 0.717) is 17.1 Å². The number of hydrogen-bond acceptors (Lipinski definition) is 5. The van der Waals surface area contributed by atoms with Crippen molar-refractivity contribution in [1.29, 1.82) is 0 Å². The fourth-order valence-electron chi connectivity index (χ4n) is 3.02. The zero-order valence-electron chi connectivity index (χ0n) is 17.5. The molecule has 5 nitrogen and oxygen atoms in total. The first-order chi connectivity index (χ1) is 14.9. The number of alkyl halides is 3. The molecule has 0 aliphatic heterocycles. The van der Waals surface area contributed by atoms with Gasteiger partial charge in [0.05, 0.1) is 7.11 Å². The van der Waals surface area contributed by atoms with E-state index in [1.807, 2.05) is 24.3 Å². The minimum Gasteiger partial charge on any atom is -0.497 e. The van der Waals surface area contributed by atoms with Crippen LogP contribution in [0, 0.1) is 0 Å². The molecule has 0 radical (unpaired) electrons. The highest BCUT2D eigenvalue weighted by atomic mass is 19.4. The number of rotatable bonds is 9. The van der Waals surface area contributed by atoms with Gasteiger partial charge in [0.25, 0.3) is 0 Å². The Balaban J connectivity index is 1.79. The van der Waals surface area contributed by atoms with E-state index in [1.54, 1.807) is 24.3 Å². The second-order valence-corrected chi connectivity index (χ2v) is 7.09. The van der Waals surface area contributed by atoms with Crippen LogP contribution in [0.3, 0.4) is 0 Å². The molecule has 164 valence electrons. The fraction of sp³-hybridized carbons (Fsp3) is 0.304. The van der Waals surface area contributed by atoms with E-state index >= 15 is 0 Å². The Morgan fingerprint density at radius 2 is 1.55 bits per heavy atom. The van der Waals surface area contributed by atoms with Crippen LogP contribution in [0.1, 0.15) is 37.3 Å². The van der Waals surface area contributed by atoms with E-state index < -0.39 is 11.7 Å². The molecule has 3 rings (SSSR count). The normalized spacial score (nSPS) is 11.3. The number of ether oxygens (including phenoxy) is 1. The van der Waals surface area contributed by atoms with E-state index in [9.17, 15) is 13.2 Å². The van der Waals surface area contributed by atoms with Gasteiger partial charge in [-0.1, -0.05) is 31.9 Å². The van der Waals surface area contributed by atoms with Crippen molar-refractivity contribution < 1.29 is 17.9 Å². The van der Waals surface area contributed by atoms with E-state index in [1.165, 1.54) is 19.1 Å². The van der Waals surface area contributed by atoms with Crippen molar-refractivity contribution >= 4 is 23.1 Å². The van der Waals surface area contributed by atoms with Gasteiger partial charge in [-0.15, -0.1) is 0 Å². The van der Waals surface area contributed by atoms with Gasteiger partial charge in [-0.2, -0.15) is 18.2 Å². The molecule has 0 atom stereocenters. The lowest BCUT2D eigenvalue weighted by atomic mass is 10.1. The molecule has 1 heterocycles. The van der Waals surface area contributed by atoms with Crippen molar-refractivity contribution in [2.75, 3.05) is 17.7 Å². The van der Waals surface area contributed by atoms with Crippen LogP contribution in [0.15, 0.2) is 54.7 Å². The summed E-state index contributed by atoms with van der Waals surface area (Å²) in [5.41, 5.74) is 1.43. The first-order valence-corrected chi connectivity index (χ1v) is 10.1. The summed E-state index contributed by atoms with van der Waals surface area (Å²) >= 11 is 0. The number of hydrogen-bond donors (Lipinski definition) is 2. The topological polar surface area (TPSA) is 59.1 Å². The van der Waals surface area contributed by atoms with E-state index in [2.05, 4.69) is 27.5 Å². The highest BCUT2D eigenvalue weighted by Gasteiger charge is 2.35. The van der Waals surface area contributed by atoms with Crippen LogP contribution in [0.2, 0.25) is 0 Å². The molecule has 3 aromatic rings. The molecule has 0 aliphatic rings. The summed E-state index contributed by atoms with van der Waals surface area (Å²) in [7, 11) is 1.52. The third-order valence-electron chi connectivity index (χ3n) is 4.73. The Hall–Kier alpha value is -3.29. The maximum atomic E-state index is 13.4. The number of aromatic nitrogens is 2.